The van der Waals surface area contributed by atoms with Crippen molar-refractivity contribution in [2.75, 3.05) is 33.8 Å². The largest absolute Gasteiger partial charge is 0.497 e. The number of benzene rings is 2. The van der Waals surface area contributed by atoms with E-state index in [1.165, 1.54) is 10.4 Å². The summed E-state index contributed by atoms with van der Waals surface area (Å²) in [6.45, 7) is 2.10. The summed E-state index contributed by atoms with van der Waals surface area (Å²) in [6.07, 6.45) is 1.15. The predicted octanol–water partition coefficient (Wildman–Crippen LogP) is 6.05. The highest BCUT2D eigenvalue weighted by Crippen LogP contribution is 2.53. The molecule has 2 aliphatic rings. The molecule has 0 spiro atoms. The Morgan fingerprint density at radius 1 is 0.886 bits per heavy atom. The van der Waals surface area contributed by atoms with E-state index >= 15 is 0 Å². The maximum absolute atomic E-state index is 13.8. The molecule has 5 rings (SSSR count). The van der Waals surface area contributed by atoms with Crippen molar-refractivity contribution in [3.05, 3.63) is 74.6 Å². The van der Waals surface area contributed by atoms with E-state index in [-0.39, 0.29) is 17.6 Å². The number of nitrogens with one attached hydrogen (secondary N) is 1. The van der Waals surface area contributed by atoms with Crippen LogP contribution in [0.15, 0.2) is 53.0 Å². The fraction of sp³-hybridized carbons (Fsp3) is 0.321. The van der Waals surface area contributed by atoms with E-state index in [0.717, 1.165) is 34.5 Å². The van der Waals surface area contributed by atoms with Gasteiger partial charge in [-0.1, -0.05) is 6.07 Å². The Balaban J connectivity index is 1.63. The summed E-state index contributed by atoms with van der Waals surface area (Å²) >= 11 is 1.68. The zero-order valence-electron chi connectivity index (χ0n) is 20.6. The van der Waals surface area contributed by atoms with Crippen LogP contribution in [0.25, 0.3) is 0 Å². The van der Waals surface area contributed by atoms with Gasteiger partial charge in [0.15, 0.2) is 17.3 Å². The molecule has 2 heterocycles. The molecule has 0 bridgehead atoms. The van der Waals surface area contributed by atoms with Crippen LogP contribution in [0.1, 0.15) is 46.2 Å². The second-order valence-corrected chi connectivity index (χ2v) is 9.80. The molecule has 0 unspecified atom stereocenters. The van der Waals surface area contributed by atoms with Gasteiger partial charge < -0.3 is 24.3 Å². The van der Waals surface area contributed by atoms with Crippen LogP contribution < -0.4 is 24.3 Å². The Labute approximate surface area is 209 Å². The van der Waals surface area contributed by atoms with Crippen molar-refractivity contribution >= 4 is 22.8 Å². The van der Waals surface area contributed by atoms with Crippen LogP contribution in [0.5, 0.6) is 23.0 Å². The van der Waals surface area contributed by atoms with E-state index in [1.54, 1.807) is 39.8 Å². The molecule has 0 radical (unpaired) electrons. The fourth-order valence-corrected chi connectivity index (χ4v) is 6.31. The van der Waals surface area contributed by atoms with Crippen LogP contribution in [-0.2, 0) is 4.79 Å². The molecule has 182 valence electrons. The van der Waals surface area contributed by atoms with Crippen molar-refractivity contribution in [3.63, 3.8) is 0 Å². The van der Waals surface area contributed by atoms with Gasteiger partial charge in [0, 0.05) is 46.0 Å². The molecular formula is C28H29NO5S. The maximum atomic E-state index is 13.8. The minimum Gasteiger partial charge on any atom is -0.497 e. The number of carbonyl (C=O) groups is 1. The summed E-state index contributed by atoms with van der Waals surface area (Å²) in [5.41, 5.74) is 5.92. The van der Waals surface area contributed by atoms with Crippen molar-refractivity contribution in [3.8, 4) is 23.0 Å². The van der Waals surface area contributed by atoms with Crippen molar-refractivity contribution in [2.45, 2.75) is 31.6 Å². The third-order valence-electron chi connectivity index (χ3n) is 6.98. The fourth-order valence-electron chi connectivity index (χ4n) is 5.27. The first-order valence-electron chi connectivity index (χ1n) is 11.5. The predicted molar refractivity (Wildman–Crippen MR) is 138 cm³/mol. The Morgan fingerprint density at radius 3 is 2.31 bits per heavy atom. The van der Waals surface area contributed by atoms with Crippen LogP contribution in [0, 0.1) is 6.92 Å². The van der Waals surface area contributed by atoms with E-state index in [2.05, 4.69) is 23.7 Å². The van der Waals surface area contributed by atoms with Gasteiger partial charge in [-0.25, -0.2) is 0 Å². The zero-order chi connectivity index (χ0) is 24.7. The third-order valence-corrected chi connectivity index (χ3v) is 8.07. The first-order valence-corrected chi connectivity index (χ1v) is 12.4. The van der Waals surface area contributed by atoms with Crippen LogP contribution in [0.3, 0.4) is 0 Å². The standard InChI is InChI=1S/C28H29NO5S/c1-15-8-9-35-28(15)27-25-19(29-20-13-18(31-2)14-24(34-5)26(20)27)10-17(11-21(25)30)16-6-7-22(32-3)23(12-16)33-4/h6-9,12-14,17,27,29H,10-11H2,1-5H3/t17-,27-/m0/s1. The molecule has 1 aliphatic heterocycles. The van der Waals surface area contributed by atoms with Crippen molar-refractivity contribution in [2.24, 2.45) is 0 Å². The Morgan fingerprint density at radius 2 is 1.66 bits per heavy atom. The number of ketones is 1. The maximum Gasteiger partial charge on any atom is 0.162 e. The lowest BCUT2D eigenvalue weighted by atomic mass is 9.73. The first-order chi connectivity index (χ1) is 17.0. The molecule has 35 heavy (non-hydrogen) atoms. The van der Waals surface area contributed by atoms with E-state index in [1.807, 2.05) is 30.3 Å². The summed E-state index contributed by atoms with van der Waals surface area (Å²) in [5.74, 6) is 2.77. The van der Waals surface area contributed by atoms with E-state index in [4.69, 9.17) is 18.9 Å². The first kappa shape index (κ1) is 23.3. The van der Waals surface area contributed by atoms with Gasteiger partial charge in [0.1, 0.15) is 11.5 Å². The van der Waals surface area contributed by atoms with Gasteiger partial charge in [-0.05, 0) is 54.0 Å². The highest BCUT2D eigenvalue weighted by molar-refractivity contribution is 7.10. The number of carbonyl (C=O) groups excluding carboxylic acids is 1. The van der Waals surface area contributed by atoms with Crippen LogP contribution >= 0.6 is 11.3 Å². The summed E-state index contributed by atoms with van der Waals surface area (Å²) in [4.78, 5) is 15.0. The smallest absolute Gasteiger partial charge is 0.162 e. The number of Topliss-reactive ketones (excluding diaryl/α,β-unsaturated/α-hetero) is 1. The molecule has 2 atom stereocenters. The van der Waals surface area contributed by atoms with Gasteiger partial charge in [0.05, 0.1) is 34.4 Å². The molecule has 0 saturated heterocycles. The monoisotopic (exact) mass is 491 g/mol. The Kier molecular flexibility index (Phi) is 6.19. The van der Waals surface area contributed by atoms with Gasteiger partial charge >= 0.3 is 0 Å². The highest BCUT2D eigenvalue weighted by Gasteiger charge is 2.41. The number of rotatable bonds is 6. The molecule has 0 fully saturated rings. The molecule has 0 amide bonds. The van der Waals surface area contributed by atoms with Crippen LogP contribution in [-0.4, -0.2) is 34.2 Å². The lowest BCUT2D eigenvalue weighted by Crippen LogP contribution is -2.30. The quantitative estimate of drug-likeness (QED) is 0.453. The molecule has 7 heteroatoms. The zero-order valence-corrected chi connectivity index (χ0v) is 21.4. The lowest BCUT2D eigenvalue weighted by Gasteiger charge is -2.37. The van der Waals surface area contributed by atoms with E-state index < -0.39 is 0 Å². The third kappa shape index (κ3) is 3.93. The summed E-state index contributed by atoms with van der Waals surface area (Å²) in [7, 11) is 6.56. The topological polar surface area (TPSA) is 66.0 Å². The summed E-state index contributed by atoms with van der Waals surface area (Å²) in [6, 6.07) is 11.9. The number of aryl methyl sites for hydroxylation is 1. The number of allylic oxidation sites excluding steroid dienone is 2. The summed E-state index contributed by atoms with van der Waals surface area (Å²) in [5, 5.41) is 5.67. The van der Waals surface area contributed by atoms with Crippen molar-refractivity contribution in [1.82, 2.24) is 0 Å². The van der Waals surface area contributed by atoms with Gasteiger partial charge in [-0.2, -0.15) is 0 Å². The number of ether oxygens (including phenoxy) is 4. The molecule has 3 aromatic rings. The number of methoxy groups -OCH3 is 4. The van der Waals surface area contributed by atoms with Crippen LogP contribution in [0.2, 0.25) is 0 Å². The van der Waals surface area contributed by atoms with Crippen molar-refractivity contribution in [1.29, 1.82) is 0 Å². The second kappa shape index (κ2) is 9.30. The number of fused-ring (bicyclic) bond motifs is 1. The SMILES string of the molecule is COc1cc2c(c(OC)c1)[C@@H](c1sccc1C)C1=C(C[C@H](c3ccc(OC)c(OC)c3)CC1=O)N2. The van der Waals surface area contributed by atoms with Crippen molar-refractivity contribution < 1.29 is 23.7 Å². The normalized spacial score (nSPS) is 18.9. The van der Waals surface area contributed by atoms with E-state index in [9.17, 15) is 4.79 Å². The molecule has 1 N–H and O–H groups in total. The van der Waals surface area contributed by atoms with Gasteiger partial charge in [0.25, 0.3) is 0 Å². The van der Waals surface area contributed by atoms with Gasteiger partial charge in [0.2, 0.25) is 0 Å². The number of anilines is 1. The minimum atomic E-state index is -0.180. The molecular weight excluding hydrogens is 462 g/mol. The molecule has 2 aromatic carbocycles. The average Bonchev–Trinajstić information content (AvgIpc) is 3.31. The number of hydrogen-bond donors (Lipinski definition) is 1. The second-order valence-electron chi connectivity index (χ2n) is 8.85. The Bertz CT molecular complexity index is 1320. The average molecular weight is 492 g/mol. The highest BCUT2D eigenvalue weighted by atomic mass is 32.1. The van der Waals surface area contributed by atoms with Gasteiger partial charge in [-0.3, -0.25) is 4.79 Å². The Hall–Kier alpha value is -3.45. The molecule has 6 nitrogen and oxygen atoms in total. The van der Waals surface area contributed by atoms with E-state index in [0.29, 0.717) is 29.4 Å². The molecule has 0 saturated carbocycles. The number of hydrogen-bond acceptors (Lipinski definition) is 7. The van der Waals surface area contributed by atoms with Gasteiger partial charge in [-0.15, -0.1) is 11.3 Å². The molecule has 1 aromatic heterocycles. The summed E-state index contributed by atoms with van der Waals surface area (Å²) < 4.78 is 22.3. The lowest BCUT2D eigenvalue weighted by molar-refractivity contribution is -0.116. The minimum absolute atomic E-state index is 0.0349. The van der Waals surface area contributed by atoms with Crippen LogP contribution in [0.4, 0.5) is 5.69 Å². The molecule has 1 aliphatic carbocycles. The number of thiophene rings is 1.